The molecule has 1 heteroatoms. The zero-order chi connectivity index (χ0) is 11.5. The first-order chi connectivity index (χ1) is 6.97. The van der Waals surface area contributed by atoms with Gasteiger partial charge in [0.2, 0.25) is 0 Å². The fourth-order valence-corrected chi connectivity index (χ4v) is 2.31. The van der Waals surface area contributed by atoms with Crippen molar-refractivity contribution in [3.63, 3.8) is 0 Å². The van der Waals surface area contributed by atoms with Crippen molar-refractivity contribution in [2.45, 2.75) is 40.5 Å². The average molecular weight is 206 g/mol. The average Bonchev–Trinajstić information content (AvgIpc) is 2.15. The maximum Gasteiger partial charge on any atom is 0.126 e. The van der Waals surface area contributed by atoms with Gasteiger partial charge in [0.15, 0.2) is 0 Å². The molecule has 0 radical (unpaired) electrons. The van der Waals surface area contributed by atoms with Crippen LogP contribution < -0.4 is 0 Å². The first-order valence-corrected chi connectivity index (χ1v) is 5.77. The number of hydrogen-bond donors (Lipinski definition) is 0. The molecule has 1 nitrogen and oxygen atoms in total. The van der Waals surface area contributed by atoms with Gasteiger partial charge >= 0.3 is 0 Å². The van der Waals surface area contributed by atoms with Gasteiger partial charge in [-0.15, -0.1) is 0 Å². The molecule has 1 rings (SSSR count). The standard InChI is InChI=1S/C14H22O/c1-11(10-15)7-8-13-12(2)6-5-9-14(13,3)4/h6-8,10-11,13H,5,9H2,1-4H3/b8-7+/t11-,13-/m0/s1. The summed E-state index contributed by atoms with van der Waals surface area (Å²) in [7, 11) is 0. The van der Waals surface area contributed by atoms with Crippen molar-refractivity contribution in [2.24, 2.45) is 17.3 Å². The SMILES string of the molecule is CC1=CCCC(C)(C)[C@H]1/C=C/[C@H](C)C=O. The third kappa shape index (κ3) is 3.05. The number of allylic oxidation sites excluding steroid dienone is 4. The molecule has 0 aromatic carbocycles. The molecule has 0 amide bonds. The van der Waals surface area contributed by atoms with E-state index in [4.69, 9.17) is 0 Å². The van der Waals surface area contributed by atoms with E-state index < -0.39 is 0 Å². The fraction of sp³-hybridized carbons (Fsp3) is 0.643. The Morgan fingerprint density at radius 2 is 2.20 bits per heavy atom. The summed E-state index contributed by atoms with van der Waals surface area (Å²) in [5.41, 5.74) is 1.78. The van der Waals surface area contributed by atoms with Crippen LogP contribution in [0.15, 0.2) is 23.8 Å². The lowest BCUT2D eigenvalue weighted by Gasteiger charge is -2.36. The second kappa shape index (κ2) is 4.78. The maximum absolute atomic E-state index is 10.6. The summed E-state index contributed by atoms with van der Waals surface area (Å²) in [6.45, 7) is 8.74. The molecule has 0 fully saturated rings. The smallest absolute Gasteiger partial charge is 0.126 e. The Hall–Kier alpha value is -0.850. The Bertz CT molecular complexity index is 284. The quantitative estimate of drug-likeness (QED) is 0.507. The highest BCUT2D eigenvalue weighted by molar-refractivity contribution is 5.55. The van der Waals surface area contributed by atoms with Crippen molar-refractivity contribution >= 4 is 6.29 Å². The van der Waals surface area contributed by atoms with E-state index in [2.05, 4.69) is 32.9 Å². The van der Waals surface area contributed by atoms with Crippen molar-refractivity contribution in [1.29, 1.82) is 0 Å². The van der Waals surface area contributed by atoms with E-state index in [0.717, 1.165) is 6.29 Å². The summed E-state index contributed by atoms with van der Waals surface area (Å²) in [6, 6.07) is 0. The molecule has 15 heavy (non-hydrogen) atoms. The van der Waals surface area contributed by atoms with Crippen LogP contribution in [0.25, 0.3) is 0 Å². The van der Waals surface area contributed by atoms with E-state index in [-0.39, 0.29) is 5.92 Å². The molecule has 1 aliphatic carbocycles. The molecule has 0 saturated carbocycles. The van der Waals surface area contributed by atoms with Crippen molar-refractivity contribution in [3.8, 4) is 0 Å². The molecular weight excluding hydrogens is 184 g/mol. The van der Waals surface area contributed by atoms with Crippen LogP contribution in [-0.4, -0.2) is 6.29 Å². The second-order valence-corrected chi connectivity index (χ2v) is 5.33. The summed E-state index contributed by atoms with van der Waals surface area (Å²) in [4.78, 5) is 10.6. The van der Waals surface area contributed by atoms with Gasteiger partial charge < -0.3 is 4.79 Å². The highest BCUT2D eigenvalue weighted by Gasteiger charge is 2.30. The van der Waals surface area contributed by atoms with Crippen LogP contribution in [0.3, 0.4) is 0 Å². The topological polar surface area (TPSA) is 17.1 Å². The predicted molar refractivity (Wildman–Crippen MR) is 64.6 cm³/mol. The zero-order valence-corrected chi connectivity index (χ0v) is 10.3. The molecule has 0 N–H and O–H groups in total. The molecule has 1 aliphatic rings. The zero-order valence-electron chi connectivity index (χ0n) is 10.3. The van der Waals surface area contributed by atoms with E-state index in [1.165, 1.54) is 18.4 Å². The van der Waals surface area contributed by atoms with E-state index >= 15 is 0 Å². The number of carbonyl (C=O) groups excluding carboxylic acids is 1. The molecule has 0 aromatic rings. The van der Waals surface area contributed by atoms with Crippen molar-refractivity contribution in [2.75, 3.05) is 0 Å². The van der Waals surface area contributed by atoms with Gasteiger partial charge in [0, 0.05) is 11.8 Å². The molecule has 0 heterocycles. The lowest BCUT2D eigenvalue weighted by molar-refractivity contribution is -0.109. The lowest BCUT2D eigenvalue weighted by Crippen LogP contribution is -2.26. The van der Waals surface area contributed by atoms with Crippen LogP contribution in [0.2, 0.25) is 0 Å². The molecule has 84 valence electrons. The minimum absolute atomic E-state index is 0.0375. The lowest BCUT2D eigenvalue weighted by atomic mass is 9.68. The van der Waals surface area contributed by atoms with Gasteiger partial charge in [-0.1, -0.05) is 44.6 Å². The Balaban J connectivity index is 2.81. The predicted octanol–water partition coefficient (Wildman–Crippen LogP) is 3.76. The van der Waals surface area contributed by atoms with E-state index in [1.54, 1.807) is 0 Å². The van der Waals surface area contributed by atoms with Gasteiger partial charge in [-0.25, -0.2) is 0 Å². The molecule has 0 aromatic heterocycles. The van der Waals surface area contributed by atoms with Crippen LogP contribution in [0, 0.1) is 17.3 Å². The van der Waals surface area contributed by atoms with E-state index in [0.29, 0.717) is 11.3 Å². The van der Waals surface area contributed by atoms with Gasteiger partial charge in [-0.3, -0.25) is 0 Å². The van der Waals surface area contributed by atoms with Crippen molar-refractivity contribution in [1.82, 2.24) is 0 Å². The second-order valence-electron chi connectivity index (χ2n) is 5.33. The van der Waals surface area contributed by atoms with Gasteiger partial charge in [0.05, 0.1) is 0 Å². The summed E-state index contributed by atoms with van der Waals surface area (Å²) in [5, 5.41) is 0. The van der Waals surface area contributed by atoms with E-state index in [1.807, 2.05) is 13.0 Å². The van der Waals surface area contributed by atoms with Crippen molar-refractivity contribution in [3.05, 3.63) is 23.8 Å². The van der Waals surface area contributed by atoms with Crippen molar-refractivity contribution < 1.29 is 4.79 Å². The van der Waals surface area contributed by atoms with Gasteiger partial charge in [-0.2, -0.15) is 0 Å². The first kappa shape index (κ1) is 12.2. The van der Waals surface area contributed by atoms with Crippen LogP contribution >= 0.6 is 0 Å². The highest BCUT2D eigenvalue weighted by Crippen LogP contribution is 2.41. The Labute approximate surface area is 93.3 Å². The van der Waals surface area contributed by atoms with E-state index in [9.17, 15) is 4.79 Å². The van der Waals surface area contributed by atoms with Gasteiger partial charge in [0.25, 0.3) is 0 Å². The summed E-state index contributed by atoms with van der Waals surface area (Å²) in [6.07, 6.45) is 9.98. The van der Waals surface area contributed by atoms with Crippen LogP contribution in [-0.2, 0) is 4.79 Å². The summed E-state index contributed by atoms with van der Waals surface area (Å²) in [5.74, 6) is 0.532. The number of rotatable bonds is 3. The fourth-order valence-electron chi connectivity index (χ4n) is 2.31. The molecule has 0 unspecified atom stereocenters. The Morgan fingerprint density at radius 3 is 2.73 bits per heavy atom. The normalized spacial score (nSPS) is 27.5. The third-order valence-corrected chi connectivity index (χ3v) is 3.41. The summed E-state index contributed by atoms with van der Waals surface area (Å²) >= 11 is 0. The number of carbonyl (C=O) groups is 1. The van der Waals surface area contributed by atoms with Gasteiger partial charge in [0.1, 0.15) is 6.29 Å². The van der Waals surface area contributed by atoms with Gasteiger partial charge in [-0.05, 0) is 25.2 Å². The largest absolute Gasteiger partial charge is 0.303 e. The minimum Gasteiger partial charge on any atom is -0.303 e. The molecule has 0 aliphatic heterocycles. The molecule has 0 saturated heterocycles. The minimum atomic E-state index is 0.0375. The monoisotopic (exact) mass is 206 g/mol. The molecule has 0 spiro atoms. The summed E-state index contributed by atoms with van der Waals surface area (Å²) < 4.78 is 0. The highest BCUT2D eigenvalue weighted by atomic mass is 16.1. The number of hydrogen-bond acceptors (Lipinski definition) is 1. The Morgan fingerprint density at radius 1 is 1.53 bits per heavy atom. The molecule has 2 atom stereocenters. The van der Waals surface area contributed by atoms with Crippen LogP contribution in [0.4, 0.5) is 0 Å². The molecule has 0 bridgehead atoms. The number of aldehydes is 1. The molecular formula is C14H22O. The maximum atomic E-state index is 10.6. The third-order valence-electron chi connectivity index (χ3n) is 3.41. The van der Waals surface area contributed by atoms with Crippen LogP contribution in [0.5, 0.6) is 0 Å². The Kier molecular flexibility index (Phi) is 3.90. The first-order valence-electron chi connectivity index (χ1n) is 5.77. The van der Waals surface area contributed by atoms with Crippen LogP contribution in [0.1, 0.15) is 40.5 Å².